The summed E-state index contributed by atoms with van der Waals surface area (Å²) in [5, 5.41) is 9.56. The summed E-state index contributed by atoms with van der Waals surface area (Å²) in [6.07, 6.45) is -0.127. The van der Waals surface area contributed by atoms with E-state index < -0.39 is 11.6 Å². The highest BCUT2D eigenvalue weighted by Crippen LogP contribution is 2.32. The Kier molecular flexibility index (Phi) is 2.43. The Labute approximate surface area is 79.3 Å². The molecule has 0 amide bonds. The number of hydrogen-bond acceptors (Lipinski definition) is 3. The Hall–Kier alpha value is 0.160. The summed E-state index contributed by atoms with van der Waals surface area (Å²) >= 11 is 2.14. The first-order chi connectivity index (χ1) is 5.00. The van der Waals surface area contributed by atoms with Crippen molar-refractivity contribution in [1.82, 2.24) is 0 Å². The van der Waals surface area contributed by atoms with Gasteiger partial charge in [0, 0.05) is 10.3 Å². The molecule has 0 spiro atoms. The van der Waals surface area contributed by atoms with Crippen molar-refractivity contribution >= 4 is 28.6 Å². The molecule has 1 heterocycles. The molecule has 64 valence electrons. The van der Waals surface area contributed by atoms with Crippen molar-refractivity contribution in [2.75, 3.05) is 4.43 Å². The molecule has 1 fully saturated rings. The van der Waals surface area contributed by atoms with Gasteiger partial charge in [0.2, 0.25) is 0 Å². The predicted molar refractivity (Wildman–Crippen MR) is 48.6 cm³/mol. The lowest BCUT2D eigenvalue weighted by molar-refractivity contribution is -0.153. The Morgan fingerprint density at radius 1 is 1.82 bits per heavy atom. The lowest BCUT2D eigenvalue weighted by Crippen LogP contribution is -2.37. The largest absolute Gasteiger partial charge is 0.459 e. The van der Waals surface area contributed by atoms with Gasteiger partial charge in [-0.1, -0.05) is 29.5 Å². The normalized spacial score (nSPS) is 44.2. The molecule has 0 aromatic heterocycles. The van der Waals surface area contributed by atoms with E-state index >= 15 is 0 Å². The number of halogens is 1. The fourth-order valence-electron chi connectivity index (χ4n) is 1.07. The summed E-state index contributed by atoms with van der Waals surface area (Å²) in [6, 6.07) is 0. The van der Waals surface area contributed by atoms with E-state index in [-0.39, 0.29) is 12.0 Å². The third-order valence-corrected chi connectivity index (χ3v) is 3.14. The molecule has 1 N–H and O–H groups in total. The maximum absolute atomic E-state index is 11.0. The zero-order valence-corrected chi connectivity index (χ0v) is 8.66. The maximum Gasteiger partial charge on any atom is 0.338 e. The minimum atomic E-state index is -1.28. The number of rotatable bonds is 1. The number of esters is 1. The quantitative estimate of drug-likeness (QED) is 0.434. The van der Waals surface area contributed by atoms with Crippen LogP contribution in [-0.2, 0) is 9.53 Å². The first-order valence-electron chi connectivity index (χ1n) is 3.49. The topological polar surface area (TPSA) is 46.5 Å². The lowest BCUT2D eigenvalue weighted by atomic mass is 9.90. The summed E-state index contributed by atoms with van der Waals surface area (Å²) in [5.74, 6) is -0.599. The highest BCUT2D eigenvalue weighted by molar-refractivity contribution is 14.1. The standard InChI is InChI=1S/C7H11IO3/c1-4-5(3-8)11-6(9)7(4,2)10/h4-5,10H,3H2,1-2H3/t4-,5-,7-/m0/s1. The van der Waals surface area contributed by atoms with E-state index in [1.165, 1.54) is 6.92 Å². The smallest absolute Gasteiger partial charge is 0.338 e. The fraction of sp³-hybridized carbons (Fsp3) is 0.857. The van der Waals surface area contributed by atoms with Gasteiger partial charge in [-0.2, -0.15) is 0 Å². The molecular weight excluding hydrogens is 259 g/mol. The van der Waals surface area contributed by atoms with Gasteiger partial charge < -0.3 is 9.84 Å². The van der Waals surface area contributed by atoms with Crippen LogP contribution in [0.3, 0.4) is 0 Å². The second-order valence-corrected chi connectivity index (χ2v) is 3.92. The summed E-state index contributed by atoms with van der Waals surface area (Å²) in [4.78, 5) is 11.0. The van der Waals surface area contributed by atoms with Gasteiger partial charge in [-0.05, 0) is 6.92 Å². The molecular formula is C7H11IO3. The monoisotopic (exact) mass is 270 g/mol. The van der Waals surface area contributed by atoms with Gasteiger partial charge in [-0.3, -0.25) is 0 Å². The number of ether oxygens (including phenoxy) is 1. The van der Waals surface area contributed by atoms with Crippen LogP contribution < -0.4 is 0 Å². The number of alkyl halides is 1. The number of aliphatic hydroxyl groups is 1. The fourth-order valence-corrected chi connectivity index (χ4v) is 2.01. The van der Waals surface area contributed by atoms with E-state index in [1.54, 1.807) is 0 Å². The van der Waals surface area contributed by atoms with E-state index in [1.807, 2.05) is 6.92 Å². The zero-order valence-electron chi connectivity index (χ0n) is 6.50. The van der Waals surface area contributed by atoms with Gasteiger partial charge in [0.05, 0.1) is 0 Å². The molecule has 1 aliphatic rings. The van der Waals surface area contributed by atoms with Crippen molar-refractivity contribution < 1.29 is 14.6 Å². The minimum absolute atomic E-state index is 0.105. The van der Waals surface area contributed by atoms with Crippen LogP contribution in [0.2, 0.25) is 0 Å². The van der Waals surface area contributed by atoms with Crippen molar-refractivity contribution in [3.63, 3.8) is 0 Å². The van der Waals surface area contributed by atoms with Crippen LogP contribution in [0.25, 0.3) is 0 Å². The van der Waals surface area contributed by atoms with E-state index in [4.69, 9.17) is 4.74 Å². The number of carbonyl (C=O) groups is 1. The molecule has 0 aromatic rings. The first kappa shape index (κ1) is 9.25. The molecule has 0 aliphatic carbocycles. The second-order valence-electron chi connectivity index (χ2n) is 3.03. The molecule has 0 bridgehead atoms. The lowest BCUT2D eigenvalue weighted by Gasteiger charge is -2.17. The SMILES string of the molecule is C[C@H]1[C@H](CI)OC(=O)[C@@]1(C)O. The minimum Gasteiger partial charge on any atom is -0.459 e. The Bertz CT molecular complexity index is 179. The van der Waals surface area contributed by atoms with Crippen LogP contribution in [0.15, 0.2) is 0 Å². The van der Waals surface area contributed by atoms with Crippen LogP contribution in [-0.4, -0.2) is 27.2 Å². The Morgan fingerprint density at radius 2 is 2.36 bits per heavy atom. The average molecular weight is 270 g/mol. The predicted octanol–water partition coefficient (Wildman–Crippen LogP) is 0.734. The van der Waals surface area contributed by atoms with Crippen LogP contribution in [0.5, 0.6) is 0 Å². The molecule has 3 nitrogen and oxygen atoms in total. The molecule has 1 aliphatic heterocycles. The molecule has 0 unspecified atom stereocenters. The molecule has 4 heteroatoms. The Balaban J connectivity index is 2.80. The summed E-state index contributed by atoms with van der Waals surface area (Å²) in [6.45, 7) is 3.33. The van der Waals surface area contributed by atoms with Gasteiger partial charge in [0.25, 0.3) is 0 Å². The molecule has 0 saturated carbocycles. The van der Waals surface area contributed by atoms with Gasteiger partial charge >= 0.3 is 5.97 Å². The molecule has 0 radical (unpaired) electrons. The van der Waals surface area contributed by atoms with E-state index in [0.717, 1.165) is 4.43 Å². The van der Waals surface area contributed by atoms with E-state index in [0.29, 0.717) is 0 Å². The molecule has 1 rings (SSSR count). The summed E-state index contributed by atoms with van der Waals surface area (Å²) in [5.41, 5.74) is -1.28. The molecule has 11 heavy (non-hydrogen) atoms. The van der Waals surface area contributed by atoms with Crippen LogP contribution in [0.4, 0.5) is 0 Å². The first-order valence-corrected chi connectivity index (χ1v) is 5.02. The van der Waals surface area contributed by atoms with Crippen molar-refractivity contribution in [3.05, 3.63) is 0 Å². The van der Waals surface area contributed by atoms with Gasteiger partial charge in [0.1, 0.15) is 6.10 Å². The average Bonchev–Trinajstić information content (AvgIpc) is 2.14. The summed E-state index contributed by atoms with van der Waals surface area (Å²) < 4.78 is 5.68. The number of hydrogen-bond donors (Lipinski definition) is 1. The van der Waals surface area contributed by atoms with Crippen LogP contribution >= 0.6 is 22.6 Å². The van der Waals surface area contributed by atoms with Crippen molar-refractivity contribution in [1.29, 1.82) is 0 Å². The third-order valence-electron chi connectivity index (χ3n) is 2.27. The van der Waals surface area contributed by atoms with Crippen molar-refractivity contribution in [2.45, 2.75) is 25.6 Å². The highest BCUT2D eigenvalue weighted by atomic mass is 127. The maximum atomic E-state index is 11.0. The van der Waals surface area contributed by atoms with E-state index in [9.17, 15) is 9.90 Å². The van der Waals surface area contributed by atoms with Gasteiger partial charge in [-0.15, -0.1) is 0 Å². The van der Waals surface area contributed by atoms with Crippen LogP contribution in [0.1, 0.15) is 13.8 Å². The zero-order chi connectivity index (χ0) is 8.65. The number of carbonyl (C=O) groups excluding carboxylic acids is 1. The Morgan fingerprint density at radius 3 is 2.55 bits per heavy atom. The van der Waals surface area contributed by atoms with Gasteiger partial charge in [-0.25, -0.2) is 4.79 Å². The van der Waals surface area contributed by atoms with Crippen molar-refractivity contribution in [3.8, 4) is 0 Å². The van der Waals surface area contributed by atoms with Crippen LogP contribution in [0, 0.1) is 5.92 Å². The van der Waals surface area contributed by atoms with E-state index in [2.05, 4.69) is 22.6 Å². The number of cyclic esters (lactones) is 1. The summed E-state index contributed by atoms with van der Waals surface area (Å²) in [7, 11) is 0. The van der Waals surface area contributed by atoms with Crippen molar-refractivity contribution in [2.24, 2.45) is 5.92 Å². The molecule has 1 saturated heterocycles. The third kappa shape index (κ3) is 1.38. The van der Waals surface area contributed by atoms with Gasteiger partial charge in [0.15, 0.2) is 5.60 Å². The molecule has 0 aromatic carbocycles. The second kappa shape index (κ2) is 2.90. The molecule has 3 atom stereocenters. The highest BCUT2D eigenvalue weighted by Gasteiger charge is 2.50.